The number of rotatable bonds is 2. The molecule has 0 aliphatic rings. The summed E-state index contributed by atoms with van der Waals surface area (Å²) in [5, 5.41) is 5.27. The van der Waals surface area contributed by atoms with Crippen molar-refractivity contribution in [2.24, 2.45) is 0 Å². The SMILES string of the molecule is CC(C)(C)OC(=O)n1cc2cc(O[Si](C)(C)C(C)(C)C)ccc2n1. The molecule has 0 fully saturated rings. The van der Waals surface area contributed by atoms with E-state index in [1.807, 2.05) is 39.0 Å². The van der Waals surface area contributed by atoms with Crippen LogP contribution >= 0.6 is 0 Å². The van der Waals surface area contributed by atoms with Crippen molar-refractivity contribution in [3.63, 3.8) is 0 Å². The molecule has 0 radical (unpaired) electrons. The van der Waals surface area contributed by atoms with E-state index in [-0.39, 0.29) is 5.04 Å². The Morgan fingerprint density at radius 3 is 2.29 bits per heavy atom. The number of ether oxygens (including phenoxy) is 1. The minimum absolute atomic E-state index is 0.128. The van der Waals surface area contributed by atoms with Gasteiger partial charge in [0.1, 0.15) is 11.4 Å². The number of hydrogen-bond acceptors (Lipinski definition) is 4. The fourth-order valence-corrected chi connectivity index (χ4v) is 2.94. The molecule has 5 nitrogen and oxygen atoms in total. The van der Waals surface area contributed by atoms with Crippen LogP contribution in [0.1, 0.15) is 41.5 Å². The molecule has 24 heavy (non-hydrogen) atoms. The molecule has 0 spiro atoms. The molecule has 132 valence electrons. The largest absolute Gasteiger partial charge is 0.543 e. The van der Waals surface area contributed by atoms with Gasteiger partial charge in [0.2, 0.25) is 8.32 Å². The van der Waals surface area contributed by atoms with Crippen molar-refractivity contribution in [1.29, 1.82) is 0 Å². The van der Waals surface area contributed by atoms with Gasteiger partial charge in [-0.05, 0) is 57.1 Å². The van der Waals surface area contributed by atoms with Gasteiger partial charge in [0.15, 0.2) is 0 Å². The number of benzene rings is 1. The summed E-state index contributed by atoms with van der Waals surface area (Å²) in [6.45, 7) is 16.5. The Kier molecular flexibility index (Phi) is 4.56. The van der Waals surface area contributed by atoms with Crippen molar-refractivity contribution >= 4 is 25.3 Å². The van der Waals surface area contributed by atoms with Crippen LogP contribution in [0.3, 0.4) is 0 Å². The molecule has 2 aromatic rings. The first-order chi connectivity index (χ1) is 10.8. The third kappa shape index (κ3) is 4.17. The van der Waals surface area contributed by atoms with Crippen LogP contribution in [0.25, 0.3) is 10.9 Å². The summed E-state index contributed by atoms with van der Waals surface area (Å²) < 4.78 is 12.9. The van der Waals surface area contributed by atoms with Gasteiger partial charge in [-0.3, -0.25) is 0 Å². The molecule has 0 N–H and O–H groups in total. The molecular formula is C18H28N2O3Si. The highest BCUT2D eigenvalue weighted by molar-refractivity contribution is 6.74. The van der Waals surface area contributed by atoms with E-state index in [0.717, 1.165) is 16.7 Å². The Morgan fingerprint density at radius 2 is 1.75 bits per heavy atom. The Morgan fingerprint density at radius 1 is 1.12 bits per heavy atom. The van der Waals surface area contributed by atoms with Crippen LogP contribution in [0.5, 0.6) is 5.75 Å². The first kappa shape index (κ1) is 18.5. The molecule has 1 aromatic heterocycles. The molecule has 0 aliphatic carbocycles. The molecule has 2 rings (SSSR count). The van der Waals surface area contributed by atoms with Crippen LogP contribution in [0.2, 0.25) is 18.1 Å². The highest BCUT2D eigenvalue weighted by Gasteiger charge is 2.39. The number of carbonyl (C=O) groups excluding carboxylic acids is 1. The zero-order valence-corrected chi connectivity index (χ0v) is 16.9. The van der Waals surface area contributed by atoms with E-state index in [4.69, 9.17) is 9.16 Å². The van der Waals surface area contributed by atoms with Gasteiger partial charge in [0.25, 0.3) is 0 Å². The summed E-state index contributed by atoms with van der Waals surface area (Å²) in [6.07, 6.45) is 1.20. The third-order valence-electron chi connectivity index (χ3n) is 4.24. The van der Waals surface area contributed by atoms with Gasteiger partial charge in [-0.15, -0.1) is 0 Å². The lowest BCUT2D eigenvalue weighted by Gasteiger charge is -2.36. The Labute approximate surface area is 145 Å². The van der Waals surface area contributed by atoms with E-state index in [1.165, 1.54) is 4.68 Å². The minimum Gasteiger partial charge on any atom is -0.543 e. The summed E-state index contributed by atoms with van der Waals surface area (Å²) in [5.41, 5.74) is 0.190. The molecule has 0 saturated heterocycles. The predicted octanol–water partition coefficient (Wildman–Crippen LogP) is 5.20. The van der Waals surface area contributed by atoms with Crippen molar-refractivity contribution in [3.8, 4) is 5.75 Å². The fourth-order valence-electron chi connectivity index (χ4n) is 1.92. The summed E-state index contributed by atoms with van der Waals surface area (Å²) in [4.78, 5) is 12.1. The smallest absolute Gasteiger partial charge is 0.435 e. The van der Waals surface area contributed by atoms with Crippen molar-refractivity contribution in [2.75, 3.05) is 0 Å². The summed E-state index contributed by atoms with van der Waals surface area (Å²) in [6, 6.07) is 5.72. The quantitative estimate of drug-likeness (QED) is 0.700. The lowest BCUT2D eigenvalue weighted by Crippen LogP contribution is -2.43. The normalized spacial score (nSPS) is 13.2. The van der Waals surface area contributed by atoms with E-state index in [9.17, 15) is 4.79 Å². The van der Waals surface area contributed by atoms with Gasteiger partial charge in [0.05, 0.1) is 5.52 Å². The number of nitrogens with zero attached hydrogens (tertiary/aromatic N) is 2. The fraction of sp³-hybridized carbons (Fsp3) is 0.556. The van der Waals surface area contributed by atoms with Gasteiger partial charge in [-0.2, -0.15) is 9.78 Å². The molecule has 0 aliphatic heterocycles. The van der Waals surface area contributed by atoms with Crippen LogP contribution in [-0.2, 0) is 4.74 Å². The molecule has 0 bridgehead atoms. The maximum Gasteiger partial charge on any atom is 0.435 e. The summed E-state index contributed by atoms with van der Waals surface area (Å²) >= 11 is 0. The van der Waals surface area contributed by atoms with E-state index in [1.54, 1.807) is 6.20 Å². The Balaban J connectivity index is 2.28. The van der Waals surface area contributed by atoms with Gasteiger partial charge in [0, 0.05) is 11.6 Å². The maximum absolute atomic E-state index is 12.1. The molecule has 0 saturated carbocycles. The van der Waals surface area contributed by atoms with Crippen molar-refractivity contribution in [2.45, 2.75) is 65.3 Å². The Bertz CT molecular complexity index is 752. The zero-order valence-electron chi connectivity index (χ0n) is 15.9. The number of carbonyl (C=O) groups is 1. The van der Waals surface area contributed by atoms with Crippen LogP contribution in [0, 0.1) is 0 Å². The lowest BCUT2D eigenvalue weighted by atomic mass is 10.2. The topological polar surface area (TPSA) is 53.4 Å². The summed E-state index contributed by atoms with van der Waals surface area (Å²) in [7, 11) is -1.90. The standard InChI is InChI=1S/C18H28N2O3Si/c1-17(2,3)22-16(21)20-12-13-11-14(9-10-15(13)19-20)23-24(7,8)18(4,5)6/h9-12H,1-8H3. The average molecular weight is 349 g/mol. The molecule has 0 atom stereocenters. The second kappa shape index (κ2) is 5.92. The second-order valence-corrected chi connectivity index (χ2v) is 13.4. The highest BCUT2D eigenvalue weighted by Crippen LogP contribution is 2.37. The van der Waals surface area contributed by atoms with Crippen molar-refractivity contribution in [3.05, 3.63) is 24.4 Å². The van der Waals surface area contributed by atoms with Crippen molar-refractivity contribution < 1.29 is 14.0 Å². The van der Waals surface area contributed by atoms with Gasteiger partial charge >= 0.3 is 6.09 Å². The van der Waals surface area contributed by atoms with Gasteiger partial charge in [-0.25, -0.2) is 4.79 Å². The molecule has 0 amide bonds. The van der Waals surface area contributed by atoms with E-state index in [2.05, 4.69) is 39.0 Å². The van der Waals surface area contributed by atoms with Gasteiger partial charge in [-0.1, -0.05) is 20.8 Å². The summed E-state index contributed by atoms with van der Waals surface area (Å²) in [5.74, 6) is 0.817. The van der Waals surface area contributed by atoms with Crippen LogP contribution in [0.15, 0.2) is 24.4 Å². The maximum atomic E-state index is 12.1. The van der Waals surface area contributed by atoms with Crippen LogP contribution in [-0.4, -0.2) is 29.8 Å². The molecule has 6 heteroatoms. The lowest BCUT2D eigenvalue weighted by molar-refractivity contribution is 0.0515. The first-order valence-corrected chi connectivity index (χ1v) is 11.1. The minimum atomic E-state index is -1.90. The predicted molar refractivity (Wildman–Crippen MR) is 99.2 cm³/mol. The number of fused-ring (bicyclic) bond motifs is 1. The average Bonchev–Trinajstić information content (AvgIpc) is 2.78. The van der Waals surface area contributed by atoms with Crippen LogP contribution < -0.4 is 4.43 Å². The van der Waals surface area contributed by atoms with E-state index < -0.39 is 20.0 Å². The number of hydrogen-bond donors (Lipinski definition) is 0. The third-order valence-corrected chi connectivity index (χ3v) is 8.59. The molecule has 1 aromatic carbocycles. The van der Waals surface area contributed by atoms with Crippen LogP contribution in [0.4, 0.5) is 4.79 Å². The van der Waals surface area contributed by atoms with Gasteiger partial charge < -0.3 is 9.16 Å². The first-order valence-electron chi connectivity index (χ1n) is 8.20. The monoisotopic (exact) mass is 348 g/mol. The molecular weight excluding hydrogens is 320 g/mol. The van der Waals surface area contributed by atoms with E-state index in [0.29, 0.717) is 0 Å². The number of aromatic nitrogens is 2. The molecule has 1 heterocycles. The van der Waals surface area contributed by atoms with Crippen molar-refractivity contribution in [1.82, 2.24) is 9.78 Å². The Hall–Kier alpha value is -1.82. The second-order valence-electron chi connectivity index (χ2n) is 8.64. The zero-order chi connectivity index (χ0) is 18.3. The molecule has 0 unspecified atom stereocenters. The van der Waals surface area contributed by atoms with E-state index >= 15 is 0 Å². The highest BCUT2D eigenvalue weighted by atomic mass is 28.4.